The molecule has 25 heavy (non-hydrogen) atoms. The number of benzene rings is 2. The summed E-state index contributed by atoms with van der Waals surface area (Å²) >= 11 is 5.92. The maximum Gasteiger partial charge on any atom is 0.269 e. The summed E-state index contributed by atoms with van der Waals surface area (Å²) in [5, 5.41) is 14.5. The van der Waals surface area contributed by atoms with Crippen LogP contribution in [-0.2, 0) is 0 Å². The smallest absolute Gasteiger partial charge is 0.269 e. The lowest BCUT2D eigenvalue weighted by atomic mass is 10.1. The SMILES string of the molecule is CN(C)C(CNCC(=O)c1ccc([N+](=O)[O-])cc1)c1ccc(Cl)cc1. The van der Waals surface area contributed by atoms with Crippen LogP contribution in [0, 0.1) is 10.1 Å². The summed E-state index contributed by atoms with van der Waals surface area (Å²) in [6, 6.07) is 13.3. The molecule has 0 aromatic heterocycles. The van der Waals surface area contributed by atoms with Gasteiger partial charge in [0.1, 0.15) is 0 Å². The highest BCUT2D eigenvalue weighted by Crippen LogP contribution is 2.20. The highest BCUT2D eigenvalue weighted by Gasteiger charge is 2.15. The molecule has 0 saturated heterocycles. The Morgan fingerprint density at radius 3 is 2.28 bits per heavy atom. The van der Waals surface area contributed by atoms with Gasteiger partial charge in [0.25, 0.3) is 5.69 Å². The van der Waals surface area contributed by atoms with E-state index in [0.717, 1.165) is 5.56 Å². The zero-order chi connectivity index (χ0) is 18.4. The van der Waals surface area contributed by atoms with Crippen LogP contribution in [0.4, 0.5) is 5.69 Å². The van der Waals surface area contributed by atoms with E-state index >= 15 is 0 Å². The van der Waals surface area contributed by atoms with E-state index in [1.165, 1.54) is 24.3 Å². The number of nitro benzene ring substituents is 1. The third-order valence-electron chi connectivity index (χ3n) is 3.90. The second-order valence-corrected chi connectivity index (χ2v) is 6.33. The largest absolute Gasteiger partial charge is 0.308 e. The van der Waals surface area contributed by atoms with Crippen molar-refractivity contribution in [3.63, 3.8) is 0 Å². The highest BCUT2D eigenvalue weighted by molar-refractivity contribution is 6.30. The number of carbonyl (C=O) groups is 1. The van der Waals surface area contributed by atoms with Crippen LogP contribution in [0.5, 0.6) is 0 Å². The quantitative estimate of drug-likeness (QED) is 0.443. The normalized spacial score (nSPS) is 12.2. The first-order valence-corrected chi connectivity index (χ1v) is 8.16. The maximum absolute atomic E-state index is 12.2. The summed E-state index contributed by atoms with van der Waals surface area (Å²) in [5.74, 6) is -0.108. The average molecular weight is 362 g/mol. The monoisotopic (exact) mass is 361 g/mol. The summed E-state index contributed by atoms with van der Waals surface area (Å²) in [6.45, 7) is 0.753. The van der Waals surface area contributed by atoms with Gasteiger partial charge in [0.15, 0.2) is 5.78 Å². The molecule has 2 rings (SSSR count). The van der Waals surface area contributed by atoms with E-state index in [-0.39, 0.29) is 24.1 Å². The van der Waals surface area contributed by atoms with Crippen LogP contribution in [0.3, 0.4) is 0 Å². The molecule has 132 valence electrons. The molecule has 0 aliphatic heterocycles. The minimum Gasteiger partial charge on any atom is -0.308 e. The Morgan fingerprint density at radius 2 is 1.76 bits per heavy atom. The van der Waals surface area contributed by atoms with Gasteiger partial charge in [0.05, 0.1) is 11.5 Å². The number of nitrogens with zero attached hydrogens (tertiary/aromatic N) is 2. The van der Waals surface area contributed by atoms with Gasteiger partial charge < -0.3 is 10.2 Å². The molecule has 2 aromatic rings. The fourth-order valence-corrected chi connectivity index (χ4v) is 2.60. The number of carbonyl (C=O) groups excluding carboxylic acids is 1. The van der Waals surface area contributed by atoms with Crippen molar-refractivity contribution in [2.24, 2.45) is 0 Å². The number of hydrogen-bond donors (Lipinski definition) is 1. The van der Waals surface area contributed by atoms with Gasteiger partial charge in [0, 0.05) is 35.3 Å². The fourth-order valence-electron chi connectivity index (χ4n) is 2.48. The van der Waals surface area contributed by atoms with E-state index in [0.29, 0.717) is 17.1 Å². The van der Waals surface area contributed by atoms with Gasteiger partial charge in [0.2, 0.25) is 0 Å². The molecule has 0 radical (unpaired) electrons. The van der Waals surface area contributed by atoms with Crippen molar-refractivity contribution >= 4 is 23.1 Å². The van der Waals surface area contributed by atoms with Gasteiger partial charge in [-0.3, -0.25) is 14.9 Å². The summed E-state index contributed by atoms with van der Waals surface area (Å²) in [6.07, 6.45) is 0. The number of nitrogens with one attached hydrogen (secondary N) is 1. The lowest BCUT2D eigenvalue weighted by Crippen LogP contribution is -2.33. The number of hydrogen-bond acceptors (Lipinski definition) is 5. The third-order valence-corrected chi connectivity index (χ3v) is 4.15. The zero-order valence-electron chi connectivity index (χ0n) is 14.1. The molecule has 0 fully saturated rings. The lowest BCUT2D eigenvalue weighted by Gasteiger charge is -2.25. The Bertz CT molecular complexity index is 730. The number of nitro groups is 1. The molecular formula is C18H20ClN3O3. The number of rotatable bonds is 8. The number of ketones is 1. The Balaban J connectivity index is 1.93. The lowest BCUT2D eigenvalue weighted by molar-refractivity contribution is -0.384. The molecule has 0 bridgehead atoms. The van der Waals surface area contributed by atoms with Gasteiger partial charge in [-0.05, 0) is 43.9 Å². The number of non-ortho nitro benzene ring substituents is 1. The predicted molar refractivity (Wildman–Crippen MR) is 98.2 cm³/mol. The van der Waals surface area contributed by atoms with Crippen LogP contribution in [0.1, 0.15) is 22.0 Å². The standard InChI is InChI=1S/C18H20ClN3O3/c1-21(2)17(13-3-7-15(19)8-4-13)11-20-12-18(23)14-5-9-16(10-6-14)22(24)25/h3-10,17,20H,11-12H2,1-2H3. The van der Waals surface area contributed by atoms with Gasteiger partial charge in [-0.2, -0.15) is 0 Å². The van der Waals surface area contributed by atoms with Crippen LogP contribution in [-0.4, -0.2) is 42.8 Å². The predicted octanol–water partition coefficient (Wildman–Crippen LogP) is 3.32. The van der Waals surface area contributed by atoms with Gasteiger partial charge >= 0.3 is 0 Å². The number of likely N-dealkylation sites (N-methyl/N-ethyl adjacent to an activating group) is 1. The molecule has 0 amide bonds. The summed E-state index contributed by atoms with van der Waals surface area (Å²) in [7, 11) is 3.94. The van der Waals surface area contributed by atoms with Crippen molar-refractivity contribution in [1.82, 2.24) is 10.2 Å². The third kappa shape index (κ3) is 5.35. The average Bonchev–Trinajstić information content (AvgIpc) is 2.59. The second kappa shape index (κ2) is 8.71. The molecule has 1 N–H and O–H groups in total. The van der Waals surface area contributed by atoms with Crippen molar-refractivity contribution in [2.45, 2.75) is 6.04 Å². The van der Waals surface area contributed by atoms with Crippen LogP contribution in [0.25, 0.3) is 0 Å². The topological polar surface area (TPSA) is 75.5 Å². The first-order chi connectivity index (χ1) is 11.9. The summed E-state index contributed by atoms with van der Waals surface area (Å²) < 4.78 is 0. The van der Waals surface area contributed by atoms with E-state index in [1.807, 2.05) is 38.4 Å². The Labute approximate surface area is 151 Å². The molecule has 0 aliphatic rings. The minimum atomic E-state index is -0.486. The molecule has 1 atom stereocenters. The molecule has 0 aliphatic carbocycles. The van der Waals surface area contributed by atoms with Crippen molar-refractivity contribution in [3.05, 3.63) is 74.8 Å². The van der Waals surface area contributed by atoms with Gasteiger partial charge in [-0.15, -0.1) is 0 Å². The van der Waals surface area contributed by atoms with Gasteiger partial charge in [-0.1, -0.05) is 23.7 Å². The first-order valence-electron chi connectivity index (χ1n) is 7.78. The van der Waals surface area contributed by atoms with Crippen LogP contribution >= 0.6 is 11.6 Å². The van der Waals surface area contributed by atoms with E-state index in [4.69, 9.17) is 11.6 Å². The summed E-state index contributed by atoms with van der Waals surface area (Å²) in [4.78, 5) is 24.4. The number of Topliss-reactive ketones (excluding diaryl/α,β-unsaturated/α-hetero) is 1. The minimum absolute atomic E-state index is 0.0279. The zero-order valence-corrected chi connectivity index (χ0v) is 14.9. The van der Waals surface area contributed by atoms with Crippen molar-refractivity contribution in [2.75, 3.05) is 27.2 Å². The van der Waals surface area contributed by atoms with Crippen LogP contribution in [0.2, 0.25) is 5.02 Å². The van der Waals surface area contributed by atoms with E-state index < -0.39 is 4.92 Å². The molecule has 0 saturated carbocycles. The van der Waals surface area contributed by atoms with Crippen molar-refractivity contribution < 1.29 is 9.72 Å². The molecule has 6 nitrogen and oxygen atoms in total. The Kier molecular flexibility index (Phi) is 6.64. The Morgan fingerprint density at radius 1 is 1.16 bits per heavy atom. The Hall–Kier alpha value is -2.28. The highest BCUT2D eigenvalue weighted by atomic mass is 35.5. The van der Waals surface area contributed by atoms with Crippen molar-refractivity contribution in [1.29, 1.82) is 0 Å². The summed E-state index contributed by atoms with van der Waals surface area (Å²) in [5.41, 5.74) is 1.52. The van der Waals surface area contributed by atoms with Gasteiger partial charge in [-0.25, -0.2) is 0 Å². The number of halogens is 1. The molecule has 0 heterocycles. The van der Waals surface area contributed by atoms with Crippen LogP contribution in [0.15, 0.2) is 48.5 Å². The van der Waals surface area contributed by atoms with E-state index in [1.54, 1.807) is 0 Å². The first kappa shape index (κ1) is 19.1. The molecule has 7 heteroatoms. The maximum atomic E-state index is 12.2. The van der Waals surface area contributed by atoms with E-state index in [2.05, 4.69) is 10.2 Å². The molecular weight excluding hydrogens is 342 g/mol. The molecule has 2 aromatic carbocycles. The van der Waals surface area contributed by atoms with Crippen molar-refractivity contribution in [3.8, 4) is 0 Å². The fraction of sp³-hybridized carbons (Fsp3) is 0.278. The second-order valence-electron chi connectivity index (χ2n) is 5.89. The van der Waals surface area contributed by atoms with Crippen LogP contribution < -0.4 is 5.32 Å². The molecule has 1 unspecified atom stereocenters. The van der Waals surface area contributed by atoms with E-state index in [9.17, 15) is 14.9 Å². The molecule has 0 spiro atoms.